The zero-order valence-electron chi connectivity index (χ0n) is 23.3. The van der Waals surface area contributed by atoms with Gasteiger partial charge in [0.2, 0.25) is 5.88 Å². The van der Waals surface area contributed by atoms with Gasteiger partial charge in [-0.1, -0.05) is 35.5 Å². The van der Waals surface area contributed by atoms with Gasteiger partial charge in [0.05, 0.1) is 28.8 Å². The molecule has 0 spiro atoms. The zero-order valence-corrected chi connectivity index (χ0v) is 23.3. The van der Waals surface area contributed by atoms with E-state index in [2.05, 4.69) is 10.1 Å². The average Bonchev–Trinajstić information content (AvgIpc) is 3.55. The molecule has 6 aromatic rings. The molecule has 0 fully saturated rings. The Morgan fingerprint density at radius 3 is 2.51 bits per heavy atom. The Hall–Kier alpha value is -5.38. The van der Waals surface area contributed by atoms with Crippen LogP contribution < -0.4 is 4.74 Å². The molecule has 3 aromatic carbocycles. The van der Waals surface area contributed by atoms with Crippen molar-refractivity contribution in [2.75, 3.05) is 0 Å². The van der Waals surface area contributed by atoms with Gasteiger partial charge in [-0.05, 0) is 61.4 Å². The Morgan fingerprint density at radius 2 is 1.77 bits per heavy atom. The Balaban J connectivity index is 1.27. The van der Waals surface area contributed by atoms with Crippen LogP contribution in [0.3, 0.4) is 0 Å². The van der Waals surface area contributed by atoms with E-state index >= 15 is 4.39 Å². The molecule has 3 heterocycles. The monoisotopic (exact) mass is 580 g/mol. The number of rotatable bonds is 9. The average molecular weight is 581 g/mol. The van der Waals surface area contributed by atoms with Crippen molar-refractivity contribution in [3.05, 3.63) is 130 Å². The summed E-state index contributed by atoms with van der Waals surface area (Å²) in [6.07, 6.45) is 1.68. The Labute approximate surface area is 245 Å². The summed E-state index contributed by atoms with van der Waals surface area (Å²) >= 11 is 0. The summed E-state index contributed by atoms with van der Waals surface area (Å²) in [5.41, 5.74) is 5.49. The molecule has 0 saturated heterocycles. The van der Waals surface area contributed by atoms with Crippen LogP contribution in [-0.2, 0) is 19.6 Å². The van der Waals surface area contributed by atoms with Crippen LogP contribution in [0, 0.1) is 25.5 Å². The van der Waals surface area contributed by atoms with Crippen LogP contribution >= 0.6 is 0 Å². The topological polar surface area (TPSA) is 103 Å². The number of benzene rings is 3. The van der Waals surface area contributed by atoms with Crippen molar-refractivity contribution in [1.82, 2.24) is 19.7 Å². The van der Waals surface area contributed by atoms with E-state index in [1.165, 1.54) is 24.5 Å². The molecule has 0 amide bonds. The fourth-order valence-corrected chi connectivity index (χ4v) is 4.83. The number of aromatic nitrogens is 4. The summed E-state index contributed by atoms with van der Waals surface area (Å²) < 4.78 is 42.4. The highest BCUT2D eigenvalue weighted by atomic mass is 19.1. The second kappa shape index (κ2) is 11.5. The minimum absolute atomic E-state index is 0.0126. The molecule has 0 atom stereocenters. The molecule has 0 bridgehead atoms. The molecule has 0 aliphatic rings. The van der Waals surface area contributed by atoms with Gasteiger partial charge in [0.15, 0.2) is 0 Å². The quantitative estimate of drug-likeness (QED) is 0.198. The number of ether oxygens (including phenoxy) is 1. The predicted octanol–water partition coefficient (Wildman–Crippen LogP) is 6.90. The number of hydrogen-bond acceptors (Lipinski definition) is 6. The number of aryl methyl sites for hydroxylation is 2. The number of hydrogen-bond donors (Lipinski definition) is 1. The fourth-order valence-electron chi connectivity index (χ4n) is 4.83. The van der Waals surface area contributed by atoms with Crippen LogP contribution in [0.25, 0.3) is 22.3 Å². The highest BCUT2D eigenvalue weighted by Crippen LogP contribution is 2.27. The molecule has 0 radical (unpaired) electrons. The van der Waals surface area contributed by atoms with E-state index in [9.17, 15) is 14.3 Å². The van der Waals surface area contributed by atoms with Crippen LogP contribution in [0.4, 0.5) is 8.78 Å². The lowest BCUT2D eigenvalue weighted by atomic mass is 10.1. The van der Waals surface area contributed by atoms with Crippen molar-refractivity contribution in [3.63, 3.8) is 0 Å². The van der Waals surface area contributed by atoms with E-state index in [0.29, 0.717) is 50.8 Å². The van der Waals surface area contributed by atoms with Gasteiger partial charge in [-0.15, -0.1) is 0 Å². The second-order valence-corrected chi connectivity index (χ2v) is 10.3. The molecule has 43 heavy (non-hydrogen) atoms. The highest BCUT2D eigenvalue weighted by molar-refractivity contribution is 5.92. The maximum absolute atomic E-state index is 15.5. The minimum atomic E-state index is -1.05. The highest BCUT2D eigenvalue weighted by Gasteiger charge is 2.18. The first-order valence-electron chi connectivity index (χ1n) is 13.5. The molecular weight excluding hydrogens is 554 g/mol. The van der Waals surface area contributed by atoms with E-state index in [1.807, 2.05) is 24.5 Å². The Bertz CT molecular complexity index is 1980. The van der Waals surface area contributed by atoms with Gasteiger partial charge in [0.1, 0.15) is 36.0 Å². The number of imidazole rings is 1. The molecule has 6 rings (SSSR count). The summed E-state index contributed by atoms with van der Waals surface area (Å²) in [6, 6.07) is 19.6. The van der Waals surface area contributed by atoms with Crippen LogP contribution in [0.1, 0.15) is 44.1 Å². The van der Waals surface area contributed by atoms with Crippen molar-refractivity contribution in [2.45, 2.75) is 33.4 Å². The summed E-state index contributed by atoms with van der Waals surface area (Å²) in [7, 11) is 0. The third-order valence-corrected chi connectivity index (χ3v) is 7.23. The zero-order chi connectivity index (χ0) is 30.1. The van der Waals surface area contributed by atoms with Crippen molar-refractivity contribution >= 4 is 17.0 Å². The number of nitrogens with zero attached hydrogens (tertiary/aromatic N) is 4. The van der Waals surface area contributed by atoms with Gasteiger partial charge in [-0.3, -0.25) is 0 Å². The first kappa shape index (κ1) is 27.8. The third-order valence-electron chi connectivity index (χ3n) is 7.23. The van der Waals surface area contributed by atoms with Crippen molar-refractivity contribution in [1.29, 1.82) is 0 Å². The SMILES string of the molecule is Cc1ccc(COc2cccc(-c3ccc(Cc4nc5ccc(C(=O)O)cc5n4Cc4nocc4C)c(F)c3)n2)c(F)c1. The Kier molecular flexibility index (Phi) is 7.41. The molecular formula is C33H26F2N4O4. The molecule has 3 aromatic heterocycles. The second-order valence-electron chi connectivity index (χ2n) is 10.3. The maximum Gasteiger partial charge on any atom is 0.335 e. The molecule has 0 aliphatic carbocycles. The lowest BCUT2D eigenvalue weighted by Crippen LogP contribution is -2.08. The predicted molar refractivity (Wildman–Crippen MR) is 155 cm³/mol. The van der Waals surface area contributed by atoms with Gasteiger partial charge in [-0.2, -0.15) is 0 Å². The van der Waals surface area contributed by atoms with E-state index in [4.69, 9.17) is 14.2 Å². The van der Waals surface area contributed by atoms with Crippen LogP contribution in [0.2, 0.25) is 0 Å². The van der Waals surface area contributed by atoms with E-state index in [-0.39, 0.29) is 31.0 Å². The van der Waals surface area contributed by atoms with Gasteiger partial charge in [0, 0.05) is 29.2 Å². The molecule has 0 unspecified atom stereocenters. The number of pyridine rings is 1. The number of aromatic carboxylic acids is 1. The summed E-state index contributed by atoms with van der Waals surface area (Å²) in [6.45, 7) is 3.97. The minimum Gasteiger partial charge on any atom is -0.478 e. The number of carboxylic acid groups (broad SMARTS) is 1. The van der Waals surface area contributed by atoms with Crippen molar-refractivity contribution in [3.8, 4) is 17.1 Å². The smallest absolute Gasteiger partial charge is 0.335 e. The molecule has 0 aliphatic heterocycles. The first-order valence-corrected chi connectivity index (χ1v) is 13.5. The largest absolute Gasteiger partial charge is 0.478 e. The van der Waals surface area contributed by atoms with Gasteiger partial charge in [-0.25, -0.2) is 23.5 Å². The van der Waals surface area contributed by atoms with Crippen molar-refractivity contribution in [2.24, 2.45) is 0 Å². The van der Waals surface area contributed by atoms with E-state index in [0.717, 1.165) is 11.1 Å². The number of carboxylic acids is 1. The summed E-state index contributed by atoms with van der Waals surface area (Å²) in [5, 5.41) is 13.6. The van der Waals surface area contributed by atoms with Crippen LogP contribution in [0.5, 0.6) is 5.88 Å². The number of halogens is 2. The molecule has 1 N–H and O–H groups in total. The first-order chi connectivity index (χ1) is 20.7. The molecule has 0 saturated carbocycles. The maximum atomic E-state index is 15.5. The fraction of sp³-hybridized carbons (Fsp3) is 0.152. The lowest BCUT2D eigenvalue weighted by molar-refractivity contribution is 0.0697. The van der Waals surface area contributed by atoms with E-state index in [1.54, 1.807) is 48.5 Å². The molecule has 216 valence electrons. The molecule has 8 nitrogen and oxygen atoms in total. The lowest BCUT2D eigenvalue weighted by Gasteiger charge is -2.11. The molecule has 10 heteroatoms. The number of fused-ring (bicyclic) bond motifs is 1. The number of carbonyl (C=O) groups is 1. The van der Waals surface area contributed by atoms with Crippen molar-refractivity contribution < 1.29 is 27.9 Å². The van der Waals surface area contributed by atoms with Crippen LogP contribution in [0.15, 0.2) is 83.6 Å². The summed E-state index contributed by atoms with van der Waals surface area (Å²) in [5.74, 6) is -1.01. The van der Waals surface area contributed by atoms with Gasteiger partial charge in [0.25, 0.3) is 0 Å². The van der Waals surface area contributed by atoms with Gasteiger partial charge < -0.3 is 18.9 Å². The summed E-state index contributed by atoms with van der Waals surface area (Å²) in [4.78, 5) is 20.8. The van der Waals surface area contributed by atoms with E-state index < -0.39 is 11.8 Å². The third kappa shape index (κ3) is 5.85. The standard InChI is InChI=1S/C33H26F2N4O4/c1-19-6-7-24(25(34)12-19)18-42-32-5-3-4-27(37-32)22-9-8-21(26(35)13-22)15-31-36-28-11-10-23(33(40)41)14-30(28)39(31)16-29-20(2)17-43-38-29/h3-14,17H,15-16,18H2,1-2H3,(H,40,41). The Morgan fingerprint density at radius 1 is 0.953 bits per heavy atom. The normalized spacial score (nSPS) is 11.3. The van der Waals surface area contributed by atoms with Gasteiger partial charge >= 0.3 is 5.97 Å². The van der Waals surface area contributed by atoms with Crippen LogP contribution in [-0.4, -0.2) is 30.8 Å².